The number of amides is 4. The molecule has 0 saturated carbocycles. The third-order valence-electron chi connectivity index (χ3n) is 12.2. The Morgan fingerprint density at radius 1 is 0.864 bits per heavy atom. The van der Waals surface area contributed by atoms with E-state index in [1.807, 2.05) is 96.0 Å². The molecular formula is C46H73N5O8. The van der Waals surface area contributed by atoms with Crippen LogP contribution in [-0.2, 0) is 35.2 Å². The van der Waals surface area contributed by atoms with Gasteiger partial charge in [0.05, 0.1) is 54.8 Å². The number of nitrogens with one attached hydrogen (secondary N) is 2. The zero-order valence-corrected chi connectivity index (χ0v) is 37.6. The SMILES string of the molecule is CC[C@H](C)[C@@H]([C@H](CC(=O)N1CCC[C@H]1[C@H](OC)[C@@H](C)C(=O)N[C@H](C)[C@H](O)c1ccccc1)OC)N(C)C(=O)[C@@H](NC(=O)[C@H](C(C)C)N(C)Cc1ccc(O)cc1)C(C)C. The maximum Gasteiger partial charge on any atom is 0.245 e. The second-order valence-corrected chi connectivity index (χ2v) is 17.2. The molecule has 3 rings (SSSR count). The van der Waals surface area contributed by atoms with E-state index in [0.29, 0.717) is 31.5 Å². The Bertz CT molecular complexity index is 1620. The highest BCUT2D eigenvalue weighted by Crippen LogP contribution is 2.30. The lowest BCUT2D eigenvalue weighted by molar-refractivity contribution is -0.148. The molecule has 4 N–H and O–H groups in total. The molecule has 2 aromatic rings. The van der Waals surface area contributed by atoms with Crippen LogP contribution in [0.1, 0.15) is 98.3 Å². The fourth-order valence-corrected chi connectivity index (χ4v) is 8.65. The minimum absolute atomic E-state index is 0.00707. The molecule has 2 aromatic carbocycles. The first-order valence-electron chi connectivity index (χ1n) is 21.3. The van der Waals surface area contributed by atoms with E-state index in [0.717, 1.165) is 12.0 Å². The molecule has 1 aliphatic rings. The molecule has 0 aromatic heterocycles. The van der Waals surface area contributed by atoms with Crippen LogP contribution in [0, 0.1) is 23.7 Å². The largest absolute Gasteiger partial charge is 0.508 e. The van der Waals surface area contributed by atoms with Crippen molar-refractivity contribution >= 4 is 23.6 Å². The number of rotatable bonds is 22. The molecule has 13 heteroatoms. The van der Waals surface area contributed by atoms with Gasteiger partial charge < -0.3 is 40.1 Å². The van der Waals surface area contributed by atoms with Crippen LogP contribution in [-0.4, -0.2) is 126 Å². The molecule has 0 radical (unpaired) electrons. The number of aliphatic hydroxyl groups is 1. The quantitative estimate of drug-likeness (QED) is 0.126. The fraction of sp³-hybridized carbons (Fsp3) is 0.652. The third kappa shape index (κ3) is 13.0. The predicted octanol–water partition coefficient (Wildman–Crippen LogP) is 5.15. The van der Waals surface area contributed by atoms with Crippen LogP contribution in [0.3, 0.4) is 0 Å². The van der Waals surface area contributed by atoms with Gasteiger partial charge in [-0.2, -0.15) is 0 Å². The number of methoxy groups -OCH3 is 2. The lowest BCUT2D eigenvalue weighted by atomic mass is 9.89. The number of benzene rings is 2. The molecule has 1 aliphatic heterocycles. The van der Waals surface area contributed by atoms with Crippen molar-refractivity contribution in [2.45, 2.75) is 136 Å². The molecule has 4 amide bonds. The zero-order chi connectivity index (χ0) is 44.1. The number of nitrogens with zero attached hydrogens (tertiary/aromatic N) is 3. The summed E-state index contributed by atoms with van der Waals surface area (Å²) in [4.78, 5) is 61.7. The number of phenols is 1. The Morgan fingerprint density at radius 3 is 2.03 bits per heavy atom. The van der Waals surface area contributed by atoms with E-state index < -0.39 is 48.4 Å². The van der Waals surface area contributed by atoms with Crippen molar-refractivity contribution in [2.75, 3.05) is 34.9 Å². The highest BCUT2D eigenvalue weighted by molar-refractivity contribution is 5.90. The topological polar surface area (TPSA) is 161 Å². The van der Waals surface area contributed by atoms with Crippen LogP contribution < -0.4 is 10.6 Å². The average Bonchev–Trinajstić information content (AvgIpc) is 3.69. The van der Waals surface area contributed by atoms with Gasteiger partial charge >= 0.3 is 0 Å². The number of aromatic hydroxyl groups is 1. The Balaban J connectivity index is 1.77. The van der Waals surface area contributed by atoms with Gasteiger partial charge in [0, 0.05) is 34.4 Å². The van der Waals surface area contributed by atoms with E-state index in [1.54, 1.807) is 57.0 Å². The smallest absolute Gasteiger partial charge is 0.245 e. The minimum Gasteiger partial charge on any atom is -0.508 e. The molecule has 0 unspecified atom stereocenters. The summed E-state index contributed by atoms with van der Waals surface area (Å²) in [6.45, 7) is 16.4. The number of phenolic OH excluding ortho intramolecular Hbond substituents is 1. The Labute approximate surface area is 353 Å². The van der Waals surface area contributed by atoms with Crippen molar-refractivity contribution < 1.29 is 38.9 Å². The first kappa shape index (κ1) is 49.3. The summed E-state index contributed by atoms with van der Waals surface area (Å²) in [5, 5.41) is 26.6. The maximum atomic E-state index is 14.5. The number of hydrogen-bond donors (Lipinski definition) is 4. The molecule has 0 aliphatic carbocycles. The summed E-state index contributed by atoms with van der Waals surface area (Å²) in [5.74, 6) is -1.74. The minimum atomic E-state index is -0.888. The summed E-state index contributed by atoms with van der Waals surface area (Å²) in [5.41, 5.74) is 1.65. The van der Waals surface area contributed by atoms with Gasteiger partial charge in [-0.3, -0.25) is 24.1 Å². The van der Waals surface area contributed by atoms with Crippen LogP contribution in [0.15, 0.2) is 54.6 Å². The van der Waals surface area contributed by atoms with Crippen molar-refractivity contribution in [1.29, 1.82) is 0 Å². The molecule has 10 atom stereocenters. The molecule has 0 bridgehead atoms. The van der Waals surface area contributed by atoms with Gasteiger partial charge in [0.15, 0.2) is 0 Å². The van der Waals surface area contributed by atoms with Crippen LogP contribution in [0.2, 0.25) is 0 Å². The summed E-state index contributed by atoms with van der Waals surface area (Å²) >= 11 is 0. The van der Waals surface area contributed by atoms with Gasteiger partial charge in [0.25, 0.3) is 0 Å². The Morgan fingerprint density at radius 2 is 1.49 bits per heavy atom. The lowest BCUT2D eigenvalue weighted by Crippen LogP contribution is -2.60. The highest BCUT2D eigenvalue weighted by Gasteiger charge is 2.43. The molecule has 59 heavy (non-hydrogen) atoms. The number of likely N-dealkylation sites (tertiary alicyclic amines) is 1. The van der Waals surface area contributed by atoms with E-state index in [2.05, 4.69) is 10.6 Å². The van der Waals surface area contributed by atoms with Gasteiger partial charge in [-0.05, 0) is 67.8 Å². The van der Waals surface area contributed by atoms with Crippen LogP contribution >= 0.6 is 0 Å². The number of ether oxygens (including phenoxy) is 2. The van der Waals surface area contributed by atoms with Gasteiger partial charge in [-0.15, -0.1) is 0 Å². The van der Waals surface area contributed by atoms with E-state index in [-0.39, 0.29) is 59.6 Å². The first-order valence-corrected chi connectivity index (χ1v) is 21.3. The molecule has 330 valence electrons. The van der Waals surface area contributed by atoms with Gasteiger partial charge in [0.1, 0.15) is 11.8 Å². The highest BCUT2D eigenvalue weighted by atomic mass is 16.5. The second-order valence-electron chi connectivity index (χ2n) is 17.2. The summed E-state index contributed by atoms with van der Waals surface area (Å²) < 4.78 is 12.0. The van der Waals surface area contributed by atoms with Crippen LogP contribution in [0.4, 0.5) is 0 Å². The fourth-order valence-electron chi connectivity index (χ4n) is 8.65. The predicted molar refractivity (Wildman–Crippen MR) is 230 cm³/mol. The first-order chi connectivity index (χ1) is 27.9. The molecular weight excluding hydrogens is 751 g/mol. The number of aliphatic hydroxyl groups excluding tert-OH is 1. The summed E-state index contributed by atoms with van der Waals surface area (Å²) in [6.07, 6.45) is -0.00835. The monoisotopic (exact) mass is 824 g/mol. The van der Waals surface area contributed by atoms with E-state index >= 15 is 0 Å². The van der Waals surface area contributed by atoms with Crippen molar-refractivity contribution in [3.63, 3.8) is 0 Å². The van der Waals surface area contributed by atoms with Gasteiger partial charge in [0.2, 0.25) is 23.6 Å². The molecule has 13 nitrogen and oxygen atoms in total. The van der Waals surface area contributed by atoms with Crippen LogP contribution in [0.5, 0.6) is 5.75 Å². The molecule has 1 saturated heterocycles. The normalized spacial score (nSPS) is 19.1. The lowest BCUT2D eigenvalue weighted by Gasteiger charge is -2.41. The maximum absolute atomic E-state index is 14.5. The van der Waals surface area contributed by atoms with Gasteiger partial charge in [-0.1, -0.05) is 97.4 Å². The summed E-state index contributed by atoms with van der Waals surface area (Å²) in [7, 11) is 6.71. The number of hydrogen-bond acceptors (Lipinski definition) is 9. The van der Waals surface area contributed by atoms with E-state index in [4.69, 9.17) is 9.47 Å². The Hall–Kier alpha value is -4.04. The zero-order valence-electron chi connectivity index (χ0n) is 37.6. The molecule has 1 fully saturated rings. The van der Waals surface area contributed by atoms with E-state index in [9.17, 15) is 29.4 Å². The van der Waals surface area contributed by atoms with Crippen LogP contribution in [0.25, 0.3) is 0 Å². The molecule has 0 spiro atoms. The standard InChI is InChI=1S/C46H73N5O8/c1-13-30(6)41(50(10)46(57)39(28(2)3)48-45(56)40(29(4)5)49(9)27-33-21-23-35(52)24-22-33)37(58-11)26-38(53)51-25-17-20-36(51)43(59-12)31(7)44(55)47-32(8)42(54)34-18-15-14-16-19-34/h14-16,18-19,21-24,28-32,36-37,39-43,52,54H,13,17,20,25-27H2,1-12H3,(H,47,55)(H,48,56)/t30-,31+,32+,36-,37-,39-,40-,41-,42-,43+/m0/s1. The van der Waals surface area contributed by atoms with Crippen molar-refractivity contribution in [3.8, 4) is 5.75 Å². The third-order valence-corrected chi connectivity index (χ3v) is 12.2. The number of likely N-dealkylation sites (N-methyl/N-ethyl adjacent to an activating group) is 2. The van der Waals surface area contributed by atoms with E-state index in [1.165, 1.54) is 0 Å². The number of carbonyl (C=O) groups excluding carboxylic acids is 4. The van der Waals surface area contributed by atoms with Crippen molar-refractivity contribution in [1.82, 2.24) is 25.3 Å². The average molecular weight is 824 g/mol. The number of carbonyl (C=O) groups is 4. The van der Waals surface area contributed by atoms with Gasteiger partial charge in [-0.25, -0.2) is 0 Å². The van der Waals surface area contributed by atoms with Crippen molar-refractivity contribution in [2.24, 2.45) is 23.7 Å². The van der Waals surface area contributed by atoms with Crippen molar-refractivity contribution in [3.05, 3.63) is 65.7 Å². The molecule has 1 heterocycles. The summed E-state index contributed by atoms with van der Waals surface area (Å²) in [6, 6.07) is 13.3. The second kappa shape index (κ2) is 23.1. The Kier molecular flexibility index (Phi) is 19.3.